The summed E-state index contributed by atoms with van der Waals surface area (Å²) in [6, 6.07) is 10.9. The zero-order chi connectivity index (χ0) is 31.3. The highest BCUT2D eigenvalue weighted by atomic mass is 16.5. The lowest BCUT2D eigenvalue weighted by atomic mass is 9.93. The minimum absolute atomic E-state index is 0.0487. The molecule has 3 N–H and O–H groups in total. The number of rotatable bonds is 4. The number of methoxy groups -OCH3 is 2. The van der Waals surface area contributed by atoms with Gasteiger partial charge in [-0.05, 0) is 52.2 Å². The third-order valence-electron chi connectivity index (χ3n) is 7.85. The van der Waals surface area contributed by atoms with Crippen molar-refractivity contribution in [2.75, 3.05) is 40.5 Å². The predicted octanol–water partition coefficient (Wildman–Crippen LogP) is 1.60. The zero-order valence-electron chi connectivity index (χ0n) is 24.9. The van der Waals surface area contributed by atoms with Gasteiger partial charge >= 0.3 is 0 Å². The molecule has 15 heteroatoms. The zero-order valence-corrected chi connectivity index (χ0v) is 24.9. The van der Waals surface area contributed by atoms with Gasteiger partial charge in [0.2, 0.25) is 11.8 Å². The number of hydrogen-bond acceptors (Lipinski definition) is 10. The van der Waals surface area contributed by atoms with Crippen molar-refractivity contribution in [2.45, 2.75) is 31.7 Å². The van der Waals surface area contributed by atoms with Crippen LogP contribution < -0.4 is 24.8 Å². The van der Waals surface area contributed by atoms with E-state index in [1.165, 1.54) is 22.0 Å². The normalized spacial score (nSPS) is 17.3. The van der Waals surface area contributed by atoms with Crippen LogP contribution in [0.25, 0.3) is 16.9 Å². The molecule has 1 unspecified atom stereocenters. The minimum atomic E-state index is -0.378. The first kappa shape index (κ1) is 29.6. The van der Waals surface area contributed by atoms with Crippen molar-refractivity contribution in [3.8, 4) is 34.2 Å². The van der Waals surface area contributed by atoms with Gasteiger partial charge < -0.3 is 29.7 Å². The first-order valence-electron chi connectivity index (χ1n) is 14.6. The van der Waals surface area contributed by atoms with E-state index in [0.717, 1.165) is 22.3 Å². The number of ether oxygens (including phenoxy) is 3. The van der Waals surface area contributed by atoms with Crippen LogP contribution in [0.1, 0.15) is 46.9 Å². The molecule has 0 aliphatic carbocycles. The predicted molar refractivity (Wildman–Crippen MR) is 159 cm³/mol. The monoisotopic (exact) mass is 615 g/mol. The molecule has 15 nitrogen and oxygen atoms in total. The van der Waals surface area contributed by atoms with Crippen molar-refractivity contribution in [1.29, 1.82) is 0 Å². The fourth-order valence-corrected chi connectivity index (χ4v) is 5.56. The van der Waals surface area contributed by atoms with Crippen molar-refractivity contribution in [3.63, 3.8) is 0 Å². The Kier molecular flexibility index (Phi) is 8.57. The molecule has 2 aliphatic heterocycles. The first-order valence-corrected chi connectivity index (χ1v) is 14.6. The molecule has 4 bridgehead atoms. The Hall–Kier alpha value is -5.47. The van der Waals surface area contributed by atoms with E-state index in [9.17, 15) is 14.4 Å². The Labute approximate surface area is 258 Å². The van der Waals surface area contributed by atoms with Crippen LogP contribution in [0.2, 0.25) is 0 Å². The molecule has 45 heavy (non-hydrogen) atoms. The van der Waals surface area contributed by atoms with Crippen molar-refractivity contribution < 1.29 is 28.6 Å². The number of H-pyrrole nitrogens is 1. The van der Waals surface area contributed by atoms with Gasteiger partial charge in [-0.25, -0.2) is 0 Å². The van der Waals surface area contributed by atoms with Crippen LogP contribution >= 0.6 is 0 Å². The van der Waals surface area contributed by atoms with Crippen LogP contribution in [0.3, 0.4) is 0 Å². The molecule has 2 aromatic carbocycles. The molecule has 0 saturated carbocycles. The maximum atomic E-state index is 13.5. The molecular weight excluding hydrogens is 582 g/mol. The Morgan fingerprint density at radius 3 is 2.71 bits per heavy atom. The van der Waals surface area contributed by atoms with Gasteiger partial charge in [-0.2, -0.15) is 9.78 Å². The maximum Gasteiger partial charge on any atom is 0.272 e. The third-order valence-corrected chi connectivity index (χ3v) is 7.85. The Morgan fingerprint density at radius 2 is 1.91 bits per heavy atom. The van der Waals surface area contributed by atoms with E-state index in [1.54, 1.807) is 14.2 Å². The van der Waals surface area contributed by atoms with Gasteiger partial charge in [-0.1, -0.05) is 6.07 Å². The summed E-state index contributed by atoms with van der Waals surface area (Å²) >= 11 is 0. The number of amides is 3. The van der Waals surface area contributed by atoms with Crippen molar-refractivity contribution in [3.05, 3.63) is 59.5 Å². The average Bonchev–Trinajstić information content (AvgIpc) is 3.77. The largest absolute Gasteiger partial charge is 0.493 e. The average molecular weight is 616 g/mol. The quantitative estimate of drug-likeness (QED) is 0.305. The number of nitrogens with zero attached hydrogens (tertiary/aromatic N) is 6. The Balaban J connectivity index is 1.29. The van der Waals surface area contributed by atoms with Gasteiger partial charge in [-0.3, -0.25) is 19.5 Å². The second kappa shape index (κ2) is 13.0. The van der Waals surface area contributed by atoms with Gasteiger partial charge in [0.15, 0.2) is 17.3 Å². The number of fused-ring (bicyclic) bond motifs is 4. The second-order valence-corrected chi connectivity index (χ2v) is 10.7. The van der Waals surface area contributed by atoms with Crippen LogP contribution in [0.5, 0.6) is 17.2 Å². The lowest BCUT2D eigenvalue weighted by Gasteiger charge is -2.28. The smallest absolute Gasteiger partial charge is 0.272 e. The number of hydrogen-bond donors (Lipinski definition) is 3. The van der Waals surface area contributed by atoms with Crippen molar-refractivity contribution >= 4 is 17.7 Å². The van der Waals surface area contributed by atoms with E-state index in [2.05, 4.69) is 36.4 Å². The molecule has 0 fully saturated rings. The molecule has 0 saturated heterocycles. The fourth-order valence-electron chi connectivity index (χ4n) is 5.56. The molecule has 6 rings (SSSR count). The SMILES string of the molecule is COc1cc2cc(c1OC)-c1ccc3c(c1)C(CCO3)NC(=O)CCN(C(=O)c1cc(-n3cnnn3)n[nH]1)CCNC(=O)CC2. The topological polar surface area (TPSA) is 178 Å². The number of aryl methyl sites for hydroxylation is 1. The molecule has 3 amide bonds. The standard InChI is InChI=1S/C30H33N9O6/c1-43-25-14-18-3-6-27(40)31-9-11-38(30(42)23-16-26(35-34-23)39-17-32-36-37-39)10-7-28(41)33-22-8-12-45-24-5-4-19(15-21(22)24)20(13-18)29(25)44-2/h4-5,13-17,22H,3,6-12H2,1-2H3,(H,31,40)(H,33,41)(H,34,35). The molecular formula is C30H33N9O6. The number of aromatic nitrogens is 6. The summed E-state index contributed by atoms with van der Waals surface area (Å²) in [5.41, 5.74) is 3.61. The van der Waals surface area contributed by atoms with E-state index >= 15 is 0 Å². The van der Waals surface area contributed by atoms with Crippen LogP contribution in [-0.4, -0.2) is 93.5 Å². The van der Waals surface area contributed by atoms with E-state index < -0.39 is 0 Å². The molecule has 2 aliphatic rings. The lowest BCUT2D eigenvalue weighted by molar-refractivity contribution is -0.123. The summed E-state index contributed by atoms with van der Waals surface area (Å²) in [6.45, 7) is 0.960. The molecule has 4 aromatic rings. The number of carbonyl (C=O) groups excluding carboxylic acids is 3. The van der Waals surface area contributed by atoms with E-state index in [-0.39, 0.29) is 61.9 Å². The number of nitrogens with one attached hydrogen (secondary N) is 3. The van der Waals surface area contributed by atoms with Gasteiger partial charge in [0, 0.05) is 56.1 Å². The third kappa shape index (κ3) is 6.41. The molecule has 4 heterocycles. The number of carbonyl (C=O) groups is 3. The highest BCUT2D eigenvalue weighted by molar-refractivity contribution is 5.93. The fraction of sp³-hybridized carbons (Fsp3) is 0.367. The first-order chi connectivity index (χ1) is 21.9. The molecule has 0 spiro atoms. The van der Waals surface area contributed by atoms with Crippen molar-refractivity contribution in [1.82, 2.24) is 45.9 Å². The summed E-state index contributed by atoms with van der Waals surface area (Å²) < 4.78 is 18.6. The Morgan fingerprint density at radius 1 is 1.02 bits per heavy atom. The van der Waals surface area contributed by atoms with Crippen LogP contribution in [-0.2, 0) is 16.0 Å². The summed E-state index contributed by atoms with van der Waals surface area (Å²) in [6.07, 6.45) is 2.68. The van der Waals surface area contributed by atoms with Gasteiger partial charge in [-0.15, -0.1) is 5.10 Å². The van der Waals surface area contributed by atoms with Crippen molar-refractivity contribution in [2.24, 2.45) is 0 Å². The number of tetrazole rings is 1. The van der Waals surface area contributed by atoms with E-state index in [0.29, 0.717) is 42.5 Å². The second-order valence-electron chi connectivity index (χ2n) is 10.7. The summed E-state index contributed by atoms with van der Waals surface area (Å²) in [7, 11) is 3.16. The number of benzene rings is 2. The van der Waals surface area contributed by atoms with E-state index in [1.807, 2.05) is 30.3 Å². The Bertz CT molecular complexity index is 1700. The molecule has 0 radical (unpaired) electrons. The van der Waals surface area contributed by atoms with Crippen LogP contribution in [0.4, 0.5) is 0 Å². The van der Waals surface area contributed by atoms with Gasteiger partial charge in [0.25, 0.3) is 5.91 Å². The maximum absolute atomic E-state index is 13.5. The van der Waals surface area contributed by atoms with E-state index in [4.69, 9.17) is 14.2 Å². The van der Waals surface area contributed by atoms with Crippen LogP contribution in [0.15, 0.2) is 42.7 Å². The molecule has 234 valence electrons. The van der Waals surface area contributed by atoms with Crippen LogP contribution in [0, 0.1) is 0 Å². The highest BCUT2D eigenvalue weighted by Crippen LogP contribution is 2.42. The van der Waals surface area contributed by atoms with Gasteiger partial charge in [0.1, 0.15) is 17.8 Å². The van der Waals surface area contributed by atoms with Gasteiger partial charge in [0.05, 0.1) is 26.9 Å². The molecule has 2 aromatic heterocycles. The molecule has 1 atom stereocenters. The number of aromatic amines is 1. The lowest BCUT2D eigenvalue weighted by Crippen LogP contribution is -2.41. The summed E-state index contributed by atoms with van der Waals surface area (Å²) in [4.78, 5) is 41.1. The summed E-state index contributed by atoms with van der Waals surface area (Å²) in [5.74, 6) is 1.39. The summed E-state index contributed by atoms with van der Waals surface area (Å²) in [5, 5.41) is 23.8. The minimum Gasteiger partial charge on any atom is -0.493 e. The highest BCUT2D eigenvalue weighted by Gasteiger charge is 2.26.